The smallest absolute Gasteiger partial charge is 0.0700 e. The van der Waals surface area contributed by atoms with Gasteiger partial charge >= 0.3 is 0 Å². The third kappa shape index (κ3) is 3.23. The zero-order valence-corrected chi connectivity index (χ0v) is 11.9. The molecule has 1 aliphatic carbocycles. The largest absolute Gasteiger partial charge is 0.377 e. The lowest BCUT2D eigenvalue weighted by molar-refractivity contribution is 0.0970. The van der Waals surface area contributed by atoms with Gasteiger partial charge in [-0.2, -0.15) is 0 Å². The maximum Gasteiger partial charge on any atom is 0.0700 e. The van der Waals surface area contributed by atoms with Crippen LogP contribution in [0.1, 0.15) is 53.4 Å². The molecular weight excluding hydrogens is 210 g/mol. The molecule has 2 heteroatoms. The first-order chi connectivity index (χ1) is 8.08. The number of nitrogens with one attached hydrogen (secondary N) is 1. The Hall–Kier alpha value is -0.0800. The zero-order chi connectivity index (χ0) is 12.4. The summed E-state index contributed by atoms with van der Waals surface area (Å²) in [5.74, 6) is 2.55. The fourth-order valence-corrected chi connectivity index (χ4v) is 3.62. The number of hydrogen-bond donors (Lipinski definition) is 1. The fourth-order valence-electron chi connectivity index (χ4n) is 3.62. The molecule has 2 aliphatic rings. The van der Waals surface area contributed by atoms with Crippen LogP contribution in [0, 0.1) is 17.8 Å². The third-order valence-electron chi connectivity index (χ3n) is 4.83. The van der Waals surface area contributed by atoms with Crippen LogP contribution in [-0.2, 0) is 4.74 Å². The Morgan fingerprint density at radius 2 is 1.82 bits per heavy atom. The molecule has 5 unspecified atom stereocenters. The van der Waals surface area contributed by atoms with E-state index in [1.165, 1.54) is 25.7 Å². The van der Waals surface area contributed by atoms with E-state index in [1.54, 1.807) is 0 Å². The van der Waals surface area contributed by atoms with Crippen LogP contribution >= 0.6 is 0 Å². The van der Waals surface area contributed by atoms with Crippen molar-refractivity contribution in [1.29, 1.82) is 0 Å². The van der Waals surface area contributed by atoms with E-state index in [4.69, 9.17) is 4.74 Å². The Bertz CT molecular complexity index is 241. The van der Waals surface area contributed by atoms with Crippen molar-refractivity contribution in [2.45, 2.75) is 71.6 Å². The number of ether oxygens (including phenoxy) is 1. The molecule has 0 aromatic heterocycles. The van der Waals surface area contributed by atoms with Gasteiger partial charge in [0.2, 0.25) is 0 Å². The summed E-state index contributed by atoms with van der Waals surface area (Å²) in [6.45, 7) is 10.3. The highest BCUT2D eigenvalue weighted by atomic mass is 16.5. The normalized spacial score (nSPS) is 43.2. The standard InChI is InChI=1S/C15H29NO/c1-10(2)13-6-5-11(3)9-15(13)16-14-7-8-17-12(14)4/h10-16H,5-9H2,1-4H3. The van der Waals surface area contributed by atoms with Gasteiger partial charge in [-0.3, -0.25) is 0 Å². The van der Waals surface area contributed by atoms with Crippen LogP contribution in [0.2, 0.25) is 0 Å². The molecule has 5 atom stereocenters. The van der Waals surface area contributed by atoms with Crippen LogP contribution in [0.15, 0.2) is 0 Å². The molecule has 0 radical (unpaired) electrons. The lowest BCUT2D eigenvalue weighted by Crippen LogP contribution is -2.49. The maximum atomic E-state index is 5.67. The molecule has 100 valence electrons. The van der Waals surface area contributed by atoms with Crippen LogP contribution in [0.3, 0.4) is 0 Å². The molecule has 0 aromatic rings. The Kier molecular flexibility index (Phi) is 4.48. The SMILES string of the molecule is CC1CCC(C(C)C)C(NC2CCOC2C)C1. The molecule has 17 heavy (non-hydrogen) atoms. The van der Waals surface area contributed by atoms with E-state index in [2.05, 4.69) is 33.0 Å². The molecule has 2 rings (SSSR count). The van der Waals surface area contributed by atoms with E-state index < -0.39 is 0 Å². The first-order valence-electron chi connectivity index (χ1n) is 7.45. The number of rotatable bonds is 3. The molecule has 0 amide bonds. The lowest BCUT2D eigenvalue weighted by atomic mass is 9.73. The third-order valence-corrected chi connectivity index (χ3v) is 4.83. The Balaban J connectivity index is 1.94. The van der Waals surface area contributed by atoms with E-state index in [0.29, 0.717) is 18.2 Å². The highest BCUT2D eigenvalue weighted by Gasteiger charge is 2.34. The molecule has 2 nitrogen and oxygen atoms in total. The van der Waals surface area contributed by atoms with Crippen molar-refractivity contribution >= 4 is 0 Å². The summed E-state index contributed by atoms with van der Waals surface area (Å²) < 4.78 is 5.67. The summed E-state index contributed by atoms with van der Waals surface area (Å²) in [5, 5.41) is 3.90. The Morgan fingerprint density at radius 3 is 2.41 bits per heavy atom. The Labute approximate surface area is 107 Å². The maximum absolute atomic E-state index is 5.67. The summed E-state index contributed by atoms with van der Waals surface area (Å²) in [7, 11) is 0. The van der Waals surface area contributed by atoms with Gasteiger partial charge in [0.1, 0.15) is 0 Å². The molecule has 1 aliphatic heterocycles. The molecule has 1 saturated carbocycles. The quantitative estimate of drug-likeness (QED) is 0.816. The van der Waals surface area contributed by atoms with Gasteiger partial charge in [-0.05, 0) is 43.9 Å². The summed E-state index contributed by atoms with van der Waals surface area (Å²) in [6, 6.07) is 1.31. The average Bonchev–Trinajstić information content (AvgIpc) is 2.64. The summed E-state index contributed by atoms with van der Waals surface area (Å²) in [6.07, 6.45) is 5.76. The van der Waals surface area contributed by atoms with Crippen molar-refractivity contribution in [3.05, 3.63) is 0 Å². The molecule has 1 N–H and O–H groups in total. The Morgan fingerprint density at radius 1 is 1.06 bits per heavy atom. The minimum absolute atomic E-state index is 0.403. The van der Waals surface area contributed by atoms with Gasteiger partial charge in [0, 0.05) is 18.7 Å². The van der Waals surface area contributed by atoms with E-state index in [9.17, 15) is 0 Å². The summed E-state index contributed by atoms with van der Waals surface area (Å²) in [5.41, 5.74) is 0. The van der Waals surface area contributed by atoms with E-state index >= 15 is 0 Å². The minimum Gasteiger partial charge on any atom is -0.377 e. The van der Waals surface area contributed by atoms with Gasteiger partial charge in [-0.1, -0.05) is 27.2 Å². The van der Waals surface area contributed by atoms with Crippen molar-refractivity contribution < 1.29 is 4.74 Å². The first kappa shape index (κ1) is 13.4. The van der Waals surface area contributed by atoms with Crippen molar-refractivity contribution in [2.24, 2.45) is 17.8 Å². The van der Waals surface area contributed by atoms with Crippen LogP contribution in [0.4, 0.5) is 0 Å². The molecule has 1 heterocycles. The highest BCUT2D eigenvalue weighted by molar-refractivity contribution is 4.90. The van der Waals surface area contributed by atoms with E-state index in [-0.39, 0.29) is 0 Å². The average molecular weight is 239 g/mol. The molecule has 0 spiro atoms. The van der Waals surface area contributed by atoms with Gasteiger partial charge < -0.3 is 10.1 Å². The van der Waals surface area contributed by atoms with Gasteiger partial charge in [-0.25, -0.2) is 0 Å². The van der Waals surface area contributed by atoms with Crippen LogP contribution < -0.4 is 5.32 Å². The van der Waals surface area contributed by atoms with E-state index in [0.717, 1.165) is 24.4 Å². The van der Waals surface area contributed by atoms with Crippen molar-refractivity contribution in [1.82, 2.24) is 5.32 Å². The predicted octanol–water partition coefficient (Wildman–Crippen LogP) is 3.21. The van der Waals surface area contributed by atoms with Gasteiger partial charge in [0.15, 0.2) is 0 Å². The van der Waals surface area contributed by atoms with Gasteiger partial charge in [0.25, 0.3) is 0 Å². The second-order valence-electron chi connectivity index (χ2n) is 6.57. The molecule has 1 saturated heterocycles. The van der Waals surface area contributed by atoms with Crippen molar-refractivity contribution in [2.75, 3.05) is 6.61 Å². The lowest BCUT2D eigenvalue weighted by Gasteiger charge is -2.39. The first-order valence-corrected chi connectivity index (χ1v) is 7.45. The predicted molar refractivity (Wildman–Crippen MR) is 72.1 cm³/mol. The zero-order valence-electron chi connectivity index (χ0n) is 11.9. The second kappa shape index (κ2) is 5.71. The fraction of sp³-hybridized carbons (Fsp3) is 1.00. The molecule has 0 bridgehead atoms. The summed E-state index contributed by atoms with van der Waals surface area (Å²) >= 11 is 0. The van der Waals surface area contributed by atoms with Crippen molar-refractivity contribution in [3.8, 4) is 0 Å². The molecule has 0 aromatic carbocycles. The van der Waals surface area contributed by atoms with Crippen LogP contribution in [0.5, 0.6) is 0 Å². The molecular formula is C15H29NO. The minimum atomic E-state index is 0.403. The van der Waals surface area contributed by atoms with Gasteiger partial charge in [0.05, 0.1) is 6.10 Å². The second-order valence-corrected chi connectivity index (χ2v) is 6.57. The van der Waals surface area contributed by atoms with E-state index in [1.807, 2.05) is 0 Å². The van der Waals surface area contributed by atoms with Crippen molar-refractivity contribution in [3.63, 3.8) is 0 Å². The van der Waals surface area contributed by atoms with Gasteiger partial charge in [-0.15, -0.1) is 0 Å². The highest BCUT2D eigenvalue weighted by Crippen LogP contribution is 2.34. The number of hydrogen-bond acceptors (Lipinski definition) is 2. The summed E-state index contributed by atoms with van der Waals surface area (Å²) in [4.78, 5) is 0. The monoisotopic (exact) mass is 239 g/mol. The molecule has 2 fully saturated rings. The van der Waals surface area contributed by atoms with Crippen LogP contribution in [0.25, 0.3) is 0 Å². The topological polar surface area (TPSA) is 21.3 Å². The van der Waals surface area contributed by atoms with Crippen LogP contribution in [-0.4, -0.2) is 24.8 Å².